The van der Waals surface area contributed by atoms with Gasteiger partial charge in [-0.15, -0.1) is 0 Å². The molecule has 1 rings (SSSR count). The third-order valence-electron chi connectivity index (χ3n) is 1.58. The molecule has 0 bridgehead atoms. The van der Waals surface area contributed by atoms with Crippen LogP contribution in [0.15, 0.2) is 12.2 Å². The maximum atomic E-state index is 10.7. The van der Waals surface area contributed by atoms with E-state index in [2.05, 4.69) is 12.2 Å². The molecule has 0 unspecified atom stereocenters. The van der Waals surface area contributed by atoms with Gasteiger partial charge in [-0.2, -0.15) is 0 Å². The van der Waals surface area contributed by atoms with E-state index >= 15 is 0 Å². The SMILES string of the molecule is C[C](=O)[In]1[CH2]C=C[CH2]1. The first-order chi connectivity index (χ1) is 3.80. The number of hydrogen-bond donors (Lipinski definition) is 0. The zero-order valence-corrected chi connectivity index (χ0v) is 8.35. The van der Waals surface area contributed by atoms with Crippen molar-refractivity contribution in [2.24, 2.45) is 0 Å². The van der Waals surface area contributed by atoms with Crippen molar-refractivity contribution in [3.05, 3.63) is 12.2 Å². The van der Waals surface area contributed by atoms with Crippen molar-refractivity contribution < 1.29 is 4.79 Å². The summed E-state index contributed by atoms with van der Waals surface area (Å²) in [6.45, 7) is 1.76. The zero-order valence-electron chi connectivity index (χ0n) is 5.05. The number of carbonyl (C=O) groups excluding carboxylic acids is 1. The standard InChI is InChI=1S/C4H6.C2H3O.In/c1-3-4-2;1-2-3;/h3-4H,1-2H2;1H3;. The minimum absolute atomic E-state index is 0.539. The fraction of sp³-hybridized carbons (Fsp3) is 0.500. The van der Waals surface area contributed by atoms with E-state index in [1.807, 2.05) is 0 Å². The molecule has 0 spiro atoms. The van der Waals surface area contributed by atoms with Crippen LogP contribution in [0.4, 0.5) is 0 Å². The van der Waals surface area contributed by atoms with Crippen molar-refractivity contribution in [1.29, 1.82) is 0 Å². The number of allylic oxidation sites excluding steroid dienone is 2. The zero-order chi connectivity index (χ0) is 5.98. The molecule has 0 radical (unpaired) electrons. The normalized spacial score (nSPS) is 17.4. The van der Waals surface area contributed by atoms with Crippen molar-refractivity contribution in [3.63, 3.8) is 0 Å². The summed E-state index contributed by atoms with van der Waals surface area (Å²) < 4.78 is 2.89. The molecule has 1 aliphatic heterocycles. The van der Waals surface area contributed by atoms with Crippen LogP contribution in [0.2, 0.25) is 8.35 Å². The van der Waals surface area contributed by atoms with E-state index in [4.69, 9.17) is 0 Å². The fourth-order valence-electron chi connectivity index (χ4n) is 0.949. The molecule has 0 fully saturated rings. The summed E-state index contributed by atoms with van der Waals surface area (Å²) in [5.41, 5.74) is 0. The van der Waals surface area contributed by atoms with Crippen molar-refractivity contribution in [1.82, 2.24) is 0 Å². The van der Waals surface area contributed by atoms with Gasteiger partial charge in [0.2, 0.25) is 0 Å². The molecular weight excluding hydrogens is 203 g/mol. The Balaban J connectivity index is 2.41. The topological polar surface area (TPSA) is 17.1 Å². The Bertz CT molecular complexity index is 120. The Hall–Kier alpha value is 0.280. The third-order valence-corrected chi connectivity index (χ3v) is 9.67. The van der Waals surface area contributed by atoms with Crippen LogP contribution in [0.5, 0.6) is 0 Å². The molecule has 0 aromatic heterocycles. The van der Waals surface area contributed by atoms with Gasteiger partial charge >= 0.3 is 57.2 Å². The molecule has 0 aliphatic carbocycles. The van der Waals surface area contributed by atoms with Gasteiger partial charge in [0.15, 0.2) is 0 Å². The fourth-order valence-corrected chi connectivity index (χ4v) is 6.37. The summed E-state index contributed by atoms with van der Waals surface area (Å²) in [4.78, 5) is 10.7. The molecule has 1 nitrogen and oxygen atoms in total. The minimum atomic E-state index is -1.53. The van der Waals surface area contributed by atoms with Crippen LogP contribution in [-0.2, 0) is 4.79 Å². The first kappa shape index (κ1) is 6.40. The van der Waals surface area contributed by atoms with Gasteiger partial charge in [0.25, 0.3) is 0 Å². The van der Waals surface area contributed by atoms with Gasteiger partial charge in [0, 0.05) is 0 Å². The van der Waals surface area contributed by atoms with Gasteiger partial charge in [-0.1, -0.05) is 0 Å². The number of rotatable bonds is 1. The second-order valence-electron chi connectivity index (χ2n) is 2.25. The summed E-state index contributed by atoms with van der Waals surface area (Å²) in [6.07, 6.45) is 4.34. The van der Waals surface area contributed by atoms with Gasteiger partial charge in [-0.25, -0.2) is 0 Å². The van der Waals surface area contributed by atoms with Crippen LogP contribution in [0.1, 0.15) is 6.92 Å². The molecule has 0 saturated heterocycles. The first-order valence-corrected chi connectivity index (χ1v) is 9.27. The van der Waals surface area contributed by atoms with Crippen LogP contribution in [-0.4, -0.2) is 25.0 Å². The average molecular weight is 212 g/mol. The second-order valence-corrected chi connectivity index (χ2v) is 11.2. The van der Waals surface area contributed by atoms with Crippen LogP contribution in [0.25, 0.3) is 0 Å². The Labute approximate surface area is 57.3 Å². The number of carbonyl (C=O) groups is 1. The van der Waals surface area contributed by atoms with Crippen molar-refractivity contribution in [3.8, 4) is 0 Å². The van der Waals surface area contributed by atoms with E-state index in [1.54, 1.807) is 6.92 Å². The first-order valence-electron chi connectivity index (χ1n) is 2.96. The van der Waals surface area contributed by atoms with Crippen LogP contribution in [0, 0.1) is 0 Å². The van der Waals surface area contributed by atoms with E-state index in [0.29, 0.717) is 3.54 Å². The molecule has 42 valence electrons. The number of hydrogen-bond acceptors (Lipinski definition) is 1. The second kappa shape index (κ2) is 2.72. The van der Waals surface area contributed by atoms with E-state index in [-0.39, 0.29) is 0 Å². The Morgan fingerprint density at radius 1 is 1.50 bits per heavy atom. The van der Waals surface area contributed by atoms with Gasteiger partial charge in [0.05, 0.1) is 0 Å². The van der Waals surface area contributed by atoms with Crippen LogP contribution < -0.4 is 0 Å². The van der Waals surface area contributed by atoms with Crippen LogP contribution >= 0.6 is 0 Å². The molecule has 1 aliphatic rings. The monoisotopic (exact) mass is 212 g/mol. The molecule has 1 heterocycles. The van der Waals surface area contributed by atoms with Gasteiger partial charge in [0.1, 0.15) is 0 Å². The summed E-state index contributed by atoms with van der Waals surface area (Å²) in [5, 5.41) is 0. The molecule has 0 saturated carbocycles. The molecule has 0 amide bonds. The molecule has 2 heteroatoms. The summed E-state index contributed by atoms with van der Waals surface area (Å²) in [5.74, 6) is 0. The molecule has 0 atom stereocenters. The summed E-state index contributed by atoms with van der Waals surface area (Å²) in [6, 6.07) is 0. The molecule has 0 aromatic carbocycles. The maximum absolute atomic E-state index is 10.7. The van der Waals surface area contributed by atoms with E-state index < -0.39 is 21.4 Å². The third kappa shape index (κ3) is 1.38. The Morgan fingerprint density at radius 3 is 2.25 bits per heavy atom. The van der Waals surface area contributed by atoms with Gasteiger partial charge < -0.3 is 0 Å². The summed E-state index contributed by atoms with van der Waals surface area (Å²) >= 11 is -1.53. The molecule has 0 aromatic rings. The predicted octanol–water partition coefficient (Wildman–Crippen LogP) is 1.18. The Kier molecular flexibility index (Phi) is 2.17. The molecule has 8 heavy (non-hydrogen) atoms. The molecule has 0 N–H and O–H groups in total. The quantitative estimate of drug-likeness (QED) is 0.596. The van der Waals surface area contributed by atoms with E-state index in [9.17, 15) is 4.79 Å². The summed E-state index contributed by atoms with van der Waals surface area (Å²) in [7, 11) is 0. The van der Waals surface area contributed by atoms with E-state index in [1.165, 1.54) is 8.35 Å². The van der Waals surface area contributed by atoms with Crippen LogP contribution in [0.3, 0.4) is 0 Å². The molecular formula is C6H9InO. The van der Waals surface area contributed by atoms with Gasteiger partial charge in [-0.3, -0.25) is 0 Å². The predicted molar refractivity (Wildman–Crippen MR) is 35.2 cm³/mol. The van der Waals surface area contributed by atoms with Crippen molar-refractivity contribution >= 4 is 25.0 Å². The van der Waals surface area contributed by atoms with Crippen molar-refractivity contribution in [2.45, 2.75) is 15.3 Å². The Morgan fingerprint density at radius 2 is 2.00 bits per heavy atom. The van der Waals surface area contributed by atoms with E-state index in [0.717, 1.165) is 0 Å². The van der Waals surface area contributed by atoms with Crippen molar-refractivity contribution in [2.75, 3.05) is 0 Å². The average Bonchev–Trinajstić information content (AvgIpc) is 2.12. The van der Waals surface area contributed by atoms with Gasteiger partial charge in [-0.05, 0) is 0 Å².